The topological polar surface area (TPSA) is 84.7 Å². The van der Waals surface area contributed by atoms with Crippen molar-refractivity contribution in [2.24, 2.45) is 7.05 Å². The van der Waals surface area contributed by atoms with Gasteiger partial charge in [0.2, 0.25) is 5.91 Å². The fourth-order valence-corrected chi connectivity index (χ4v) is 3.72. The number of carbonyl (C=O) groups excluding carboxylic acids is 1. The number of aromatic nitrogens is 4. The van der Waals surface area contributed by atoms with Gasteiger partial charge in [-0.3, -0.25) is 4.79 Å². The van der Waals surface area contributed by atoms with Crippen molar-refractivity contribution in [2.45, 2.75) is 25.1 Å². The van der Waals surface area contributed by atoms with E-state index in [1.165, 1.54) is 16.9 Å². The molecule has 0 fully saturated rings. The Morgan fingerprint density at radius 2 is 1.69 bits per heavy atom. The lowest BCUT2D eigenvalue weighted by Crippen LogP contribution is -2.35. The highest BCUT2D eigenvalue weighted by Gasteiger charge is 2.30. The third-order valence-electron chi connectivity index (χ3n) is 5.74. The monoisotopic (exact) mass is 494 g/mol. The van der Waals surface area contributed by atoms with E-state index < -0.39 is 17.8 Å². The van der Waals surface area contributed by atoms with Gasteiger partial charge in [0.1, 0.15) is 17.6 Å². The highest BCUT2D eigenvalue weighted by atomic mass is 19.4. The first kappa shape index (κ1) is 25.1. The number of pyridine rings is 1. The van der Waals surface area contributed by atoms with Gasteiger partial charge >= 0.3 is 6.18 Å². The van der Waals surface area contributed by atoms with Gasteiger partial charge in [0.05, 0.1) is 11.8 Å². The molecule has 0 saturated carbocycles. The zero-order chi connectivity index (χ0) is 25.7. The molecule has 0 aliphatic heterocycles. The Morgan fingerprint density at radius 1 is 0.972 bits per heavy atom. The van der Waals surface area contributed by atoms with Crippen molar-refractivity contribution in [1.29, 1.82) is 0 Å². The normalized spacial score (nSPS) is 13.2. The van der Waals surface area contributed by atoms with Crippen molar-refractivity contribution >= 4 is 11.7 Å². The Balaban J connectivity index is 1.45. The molecule has 0 aliphatic rings. The molecule has 4 aromatic rings. The second-order valence-electron chi connectivity index (χ2n) is 8.41. The summed E-state index contributed by atoms with van der Waals surface area (Å²) in [5.41, 5.74) is 2.24. The summed E-state index contributed by atoms with van der Waals surface area (Å²) in [5.74, 6) is -0.0533. The van der Waals surface area contributed by atoms with Crippen LogP contribution in [0.1, 0.15) is 35.6 Å². The van der Waals surface area contributed by atoms with Crippen LogP contribution >= 0.6 is 0 Å². The van der Waals surface area contributed by atoms with Gasteiger partial charge in [-0.15, -0.1) is 0 Å². The molecule has 4 rings (SSSR count). The minimum atomic E-state index is -4.38. The highest BCUT2D eigenvalue weighted by molar-refractivity contribution is 5.94. The summed E-state index contributed by atoms with van der Waals surface area (Å²) >= 11 is 0. The number of hydrogen-bond donors (Lipinski definition) is 2. The van der Waals surface area contributed by atoms with Crippen LogP contribution in [-0.2, 0) is 18.0 Å². The van der Waals surface area contributed by atoms with E-state index in [0.29, 0.717) is 18.1 Å². The third kappa shape index (κ3) is 6.14. The Labute approximate surface area is 206 Å². The summed E-state index contributed by atoms with van der Waals surface area (Å²) in [6, 6.07) is 17.1. The zero-order valence-corrected chi connectivity index (χ0v) is 19.7. The van der Waals surface area contributed by atoms with Crippen LogP contribution in [0.15, 0.2) is 79.1 Å². The van der Waals surface area contributed by atoms with Crippen LogP contribution < -0.4 is 10.6 Å². The molecule has 2 aromatic heterocycles. The molecule has 0 saturated heterocycles. The maximum Gasteiger partial charge on any atom is 0.416 e. The van der Waals surface area contributed by atoms with Crippen LogP contribution in [0, 0.1) is 0 Å². The molecule has 0 spiro atoms. The standard InChI is InChI=1S/C26H25F3N6O/c1-17(18-8-11-21(12-9-18)26(27,28)29)14-31-24(19-6-4-3-5-7-19)25(36)33-23-13-10-20(15-30-23)22-16-32-35(2)34-22/h3-13,15-17,24,31H,14H2,1-2H3,(H,30,33,36)/t17-,24+/m0/s1. The van der Waals surface area contributed by atoms with E-state index in [-0.39, 0.29) is 11.8 Å². The Kier molecular flexibility index (Phi) is 7.44. The first-order valence-corrected chi connectivity index (χ1v) is 11.3. The SMILES string of the molecule is C[C@@H](CN[C@@H](C(=O)Nc1ccc(-c2cnn(C)n2)cn1)c1ccccc1)c1ccc(C(F)(F)F)cc1. The van der Waals surface area contributed by atoms with Crippen molar-refractivity contribution < 1.29 is 18.0 Å². The van der Waals surface area contributed by atoms with E-state index in [9.17, 15) is 18.0 Å². The third-order valence-corrected chi connectivity index (χ3v) is 5.74. The van der Waals surface area contributed by atoms with Crippen molar-refractivity contribution in [3.63, 3.8) is 0 Å². The Hall–Kier alpha value is -4.05. The molecular formula is C26H25F3N6O. The van der Waals surface area contributed by atoms with Gasteiger partial charge in [0.25, 0.3) is 0 Å². The molecule has 0 radical (unpaired) electrons. The number of amides is 1. The first-order valence-electron chi connectivity index (χ1n) is 11.3. The summed E-state index contributed by atoms with van der Waals surface area (Å²) in [7, 11) is 1.72. The second-order valence-corrected chi connectivity index (χ2v) is 8.41. The number of nitrogens with zero attached hydrogens (tertiary/aromatic N) is 4. The molecule has 0 bridgehead atoms. The quantitative estimate of drug-likeness (QED) is 0.361. The average molecular weight is 495 g/mol. The number of benzene rings is 2. The van der Waals surface area contributed by atoms with Gasteiger partial charge in [-0.1, -0.05) is 49.4 Å². The molecule has 2 aromatic carbocycles. The van der Waals surface area contributed by atoms with Gasteiger partial charge in [-0.2, -0.15) is 28.2 Å². The lowest BCUT2D eigenvalue weighted by Gasteiger charge is -2.21. The first-order chi connectivity index (χ1) is 17.2. The molecule has 36 heavy (non-hydrogen) atoms. The van der Waals surface area contributed by atoms with Crippen molar-refractivity contribution in [3.05, 3.63) is 95.8 Å². The number of halogens is 3. The summed E-state index contributed by atoms with van der Waals surface area (Å²) < 4.78 is 38.6. The van der Waals surface area contributed by atoms with E-state index >= 15 is 0 Å². The molecule has 0 aliphatic carbocycles. The zero-order valence-electron chi connectivity index (χ0n) is 19.7. The molecule has 186 valence electrons. The predicted molar refractivity (Wildman–Crippen MR) is 130 cm³/mol. The molecule has 2 heterocycles. The number of aryl methyl sites for hydroxylation is 1. The largest absolute Gasteiger partial charge is 0.416 e. The fraction of sp³-hybridized carbons (Fsp3) is 0.231. The average Bonchev–Trinajstić information content (AvgIpc) is 3.31. The number of rotatable bonds is 8. The van der Waals surface area contributed by atoms with Crippen molar-refractivity contribution in [1.82, 2.24) is 25.3 Å². The minimum Gasteiger partial charge on any atom is -0.309 e. The lowest BCUT2D eigenvalue weighted by molar-refractivity contribution is -0.137. The Morgan fingerprint density at radius 3 is 2.28 bits per heavy atom. The number of nitrogens with one attached hydrogen (secondary N) is 2. The van der Waals surface area contributed by atoms with Crippen LogP contribution in [0.25, 0.3) is 11.3 Å². The van der Waals surface area contributed by atoms with Gasteiger partial charge in [0, 0.05) is 25.4 Å². The second kappa shape index (κ2) is 10.7. The minimum absolute atomic E-state index is 0.129. The van der Waals surface area contributed by atoms with Gasteiger partial charge in [-0.05, 0) is 41.3 Å². The van der Waals surface area contributed by atoms with Crippen LogP contribution in [-0.4, -0.2) is 32.4 Å². The Bertz CT molecular complexity index is 1290. The maximum absolute atomic E-state index is 13.2. The number of anilines is 1. The molecule has 10 heteroatoms. The van der Waals surface area contributed by atoms with Crippen molar-refractivity contribution in [2.75, 3.05) is 11.9 Å². The van der Waals surface area contributed by atoms with Crippen LogP contribution in [0.4, 0.5) is 19.0 Å². The molecule has 2 N–H and O–H groups in total. The van der Waals surface area contributed by atoms with E-state index in [1.54, 1.807) is 31.6 Å². The molecular weight excluding hydrogens is 469 g/mol. The number of carbonyl (C=O) groups is 1. The van der Waals surface area contributed by atoms with Gasteiger partial charge in [-0.25, -0.2) is 4.98 Å². The lowest BCUT2D eigenvalue weighted by atomic mass is 9.98. The van der Waals surface area contributed by atoms with E-state index in [0.717, 1.165) is 28.8 Å². The molecule has 1 amide bonds. The van der Waals surface area contributed by atoms with Gasteiger partial charge in [0.15, 0.2) is 0 Å². The van der Waals surface area contributed by atoms with E-state index in [4.69, 9.17) is 0 Å². The summed E-state index contributed by atoms with van der Waals surface area (Å²) in [6.45, 7) is 2.26. The predicted octanol–water partition coefficient (Wildman–Crippen LogP) is 4.97. The van der Waals surface area contributed by atoms with Crippen LogP contribution in [0.5, 0.6) is 0 Å². The maximum atomic E-state index is 13.2. The number of alkyl halides is 3. The molecule has 0 unspecified atom stereocenters. The van der Waals surface area contributed by atoms with E-state index in [1.807, 2.05) is 37.3 Å². The summed E-state index contributed by atoms with van der Waals surface area (Å²) in [5, 5.41) is 14.4. The van der Waals surface area contributed by atoms with E-state index in [2.05, 4.69) is 25.8 Å². The molecule has 7 nitrogen and oxygen atoms in total. The fourth-order valence-electron chi connectivity index (χ4n) is 3.72. The summed E-state index contributed by atoms with van der Waals surface area (Å²) in [6.07, 6.45) is -1.14. The molecule has 2 atom stereocenters. The van der Waals surface area contributed by atoms with Gasteiger partial charge < -0.3 is 10.6 Å². The smallest absolute Gasteiger partial charge is 0.309 e. The van der Waals surface area contributed by atoms with Crippen molar-refractivity contribution in [3.8, 4) is 11.3 Å². The van der Waals surface area contributed by atoms with Crippen LogP contribution in [0.3, 0.4) is 0 Å². The highest BCUT2D eigenvalue weighted by Crippen LogP contribution is 2.30. The summed E-state index contributed by atoms with van der Waals surface area (Å²) in [4.78, 5) is 19.0. The van der Waals surface area contributed by atoms with Crippen LogP contribution in [0.2, 0.25) is 0 Å². The number of hydrogen-bond acceptors (Lipinski definition) is 5.